The number of amides is 3. The van der Waals surface area contributed by atoms with Crippen LogP contribution < -0.4 is 15.4 Å². The molecule has 0 unspecified atom stereocenters. The molecule has 1 saturated heterocycles. The van der Waals surface area contributed by atoms with Crippen molar-refractivity contribution in [1.29, 1.82) is 0 Å². The highest BCUT2D eigenvalue weighted by Gasteiger charge is 2.30. The van der Waals surface area contributed by atoms with Gasteiger partial charge in [0.2, 0.25) is 5.91 Å². The number of likely N-dealkylation sites (tertiary alicyclic amines) is 1. The van der Waals surface area contributed by atoms with Crippen LogP contribution in [0.2, 0.25) is 0 Å². The second-order valence-corrected chi connectivity index (χ2v) is 6.79. The first kappa shape index (κ1) is 17.5. The van der Waals surface area contributed by atoms with E-state index in [0.717, 1.165) is 25.7 Å². The highest BCUT2D eigenvalue weighted by molar-refractivity contribution is 5.92. The average molecular weight is 346 g/mol. The van der Waals surface area contributed by atoms with Crippen LogP contribution in [-0.2, 0) is 4.79 Å². The molecule has 0 bridgehead atoms. The Morgan fingerprint density at radius 3 is 2.80 bits per heavy atom. The third-order valence-corrected chi connectivity index (χ3v) is 4.98. The van der Waals surface area contributed by atoms with E-state index in [1.807, 2.05) is 0 Å². The van der Waals surface area contributed by atoms with Gasteiger partial charge in [0.15, 0.2) is 0 Å². The lowest BCUT2D eigenvalue weighted by Crippen LogP contribution is -2.49. The minimum absolute atomic E-state index is 0.0381. The molecule has 0 spiro atoms. The van der Waals surface area contributed by atoms with Crippen molar-refractivity contribution in [3.8, 4) is 5.75 Å². The first-order chi connectivity index (χ1) is 12.2. The second kappa shape index (κ2) is 8.18. The van der Waals surface area contributed by atoms with Gasteiger partial charge in [0.25, 0.3) is 0 Å². The number of rotatable bonds is 4. The number of nitrogens with zero attached hydrogens (tertiary/aromatic N) is 2. The largest absolute Gasteiger partial charge is 0.497 e. The van der Waals surface area contributed by atoms with Crippen molar-refractivity contribution in [2.45, 2.75) is 44.6 Å². The van der Waals surface area contributed by atoms with Gasteiger partial charge in [-0.1, -0.05) is 12.8 Å². The fourth-order valence-corrected chi connectivity index (χ4v) is 3.55. The van der Waals surface area contributed by atoms with Gasteiger partial charge in [0.05, 0.1) is 13.0 Å². The molecule has 0 aromatic carbocycles. The van der Waals surface area contributed by atoms with Crippen LogP contribution in [0.1, 0.15) is 38.5 Å². The Morgan fingerprint density at radius 2 is 2.04 bits per heavy atom. The predicted molar refractivity (Wildman–Crippen MR) is 94.5 cm³/mol. The monoisotopic (exact) mass is 346 g/mol. The molecule has 7 nitrogen and oxygen atoms in total. The molecule has 0 radical (unpaired) electrons. The van der Waals surface area contributed by atoms with Crippen molar-refractivity contribution >= 4 is 17.8 Å². The van der Waals surface area contributed by atoms with E-state index in [9.17, 15) is 9.59 Å². The maximum atomic E-state index is 12.5. The Labute approximate surface area is 148 Å². The number of methoxy groups -OCH3 is 1. The van der Waals surface area contributed by atoms with Crippen molar-refractivity contribution in [2.24, 2.45) is 5.92 Å². The van der Waals surface area contributed by atoms with E-state index in [2.05, 4.69) is 15.6 Å². The Hall–Kier alpha value is -2.31. The molecule has 1 aliphatic carbocycles. The van der Waals surface area contributed by atoms with Gasteiger partial charge in [0, 0.05) is 31.4 Å². The van der Waals surface area contributed by atoms with E-state index in [4.69, 9.17) is 4.74 Å². The quantitative estimate of drug-likeness (QED) is 0.877. The van der Waals surface area contributed by atoms with Gasteiger partial charge in [-0.2, -0.15) is 0 Å². The smallest absolute Gasteiger partial charge is 0.317 e. The highest BCUT2D eigenvalue weighted by atomic mass is 16.5. The zero-order chi connectivity index (χ0) is 17.6. The van der Waals surface area contributed by atoms with Crippen molar-refractivity contribution in [3.05, 3.63) is 18.3 Å². The summed E-state index contributed by atoms with van der Waals surface area (Å²) in [5, 5.41) is 5.93. The molecule has 1 saturated carbocycles. The Morgan fingerprint density at radius 1 is 1.24 bits per heavy atom. The number of carbonyl (C=O) groups excluding carboxylic acids is 2. The lowest BCUT2D eigenvalue weighted by molar-refractivity contribution is -0.121. The molecule has 1 aromatic heterocycles. The Bertz CT molecular complexity index is 616. The zero-order valence-corrected chi connectivity index (χ0v) is 14.7. The number of ether oxygens (including phenoxy) is 1. The first-order valence-corrected chi connectivity index (χ1v) is 9.02. The molecular weight excluding hydrogens is 320 g/mol. The van der Waals surface area contributed by atoms with Gasteiger partial charge >= 0.3 is 6.03 Å². The van der Waals surface area contributed by atoms with Crippen LogP contribution in [-0.4, -0.2) is 48.1 Å². The Balaban J connectivity index is 1.54. The number of anilines is 1. The van der Waals surface area contributed by atoms with E-state index in [1.165, 1.54) is 12.8 Å². The van der Waals surface area contributed by atoms with Gasteiger partial charge in [-0.25, -0.2) is 9.78 Å². The molecule has 136 valence electrons. The maximum Gasteiger partial charge on any atom is 0.317 e. The second-order valence-electron chi connectivity index (χ2n) is 6.79. The lowest BCUT2D eigenvalue weighted by Gasteiger charge is -2.32. The standard InChI is InChI=1S/C18H26N4O3/c1-25-15-8-9-19-16(11-15)21-17(23)13-5-4-10-22(12-13)18(24)20-14-6-2-3-7-14/h8-9,11,13-14H,2-7,10,12H2,1H3,(H,20,24)(H,19,21,23)/t13-/m0/s1. The minimum Gasteiger partial charge on any atom is -0.497 e. The fourth-order valence-electron chi connectivity index (χ4n) is 3.55. The van der Waals surface area contributed by atoms with Gasteiger partial charge in [-0.3, -0.25) is 4.79 Å². The van der Waals surface area contributed by atoms with Gasteiger partial charge < -0.3 is 20.3 Å². The fraction of sp³-hybridized carbons (Fsp3) is 0.611. The molecule has 2 heterocycles. The van der Waals surface area contributed by atoms with Gasteiger partial charge in [-0.05, 0) is 31.7 Å². The normalized spacial score (nSPS) is 21.0. The predicted octanol–water partition coefficient (Wildman–Crippen LogP) is 2.39. The number of urea groups is 1. The van der Waals surface area contributed by atoms with E-state index >= 15 is 0 Å². The summed E-state index contributed by atoms with van der Waals surface area (Å²) in [5.41, 5.74) is 0. The van der Waals surface area contributed by atoms with Crippen molar-refractivity contribution in [2.75, 3.05) is 25.5 Å². The number of hydrogen-bond donors (Lipinski definition) is 2. The summed E-state index contributed by atoms with van der Waals surface area (Å²) in [6, 6.07) is 3.67. The van der Waals surface area contributed by atoms with Crippen LogP contribution in [0, 0.1) is 5.92 Å². The molecule has 3 amide bonds. The number of piperidine rings is 1. The van der Waals surface area contributed by atoms with Crippen LogP contribution >= 0.6 is 0 Å². The minimum atomic E-state index is -0.212. The molecule has 25 heavy (non-hydrogen) atoms. The summed E-state index contributed by atoms with van der Waals surface area (Å²) >= 11 is 0. The third-order valence-electron chi connectivity index (χ3n) is 4.98. The van der Waals surface area contributed by atoms with Crippen LogP contribution in [0.3, 0.4) is 0 Å². The molecular formula is C18H26N4O3. The summed E-state index contributed by atoms with van der Waals surface area (Å²) in [5.74, 6) is 0.804. The summed E-state index contributed by atoms with van der Waals surface area (Å²) in [6.45, 7) is 1.16. The number of hydrogen-bond acceptors (Lipinski definition) is 4. The molecule has 7 heteroatoms. The van der Waals surface area contributed by atoms with E-state index in [0.29, 0.717) is 30.7 Å². The van der Waals surface area contributed by atoms with Crippen molar-refractivity contribution in [3.63, 3.8) is 0 Å². The summed E-state index contributed by atoms with van der Waals surface area (Å²) in [7, 11) is 1.57. The molecule has 3 rings (SSSR count). The van der Waals surface area contributed by atoms with Crippen LogP contribution in [0.15, 0.2) is 18.3 Å². The number of aromatic nitrogens is 1. The highest BCUT2D eigenvalue weighted by Crippen LogP contribution is 2.21. The topological polar surface area (TPSA) is 83.6 Å². The van der Waals surface area contributed by atoms with Crippen LogP contribution in [0.4, 0.5) is 10.6 Å². The van der Waals surface area contributed by atoms with Gasteiger partial charge in [0.1, 0.15) is 11.6 Å². The summed E-state index contributed by atoms with van der Waals surface area (Å²) in [6.07, 6.45) is 7.70. The molecule has 1 aliphatic heterocycles. The van der Waals surface area contributed by atoms with Crippen molar-refractivity contribution < 1.29 is 14.3 Å². The molecule has 2 fully saturated rings. The molecule has 2 aliphatic rings. The van der Waals surface area contributed by atoms with Gasteiger partial charge in [-0.15, -0.1) is 0 Å². The summed E-state index contributed by atoms with van der Waals surface area (Å²) in [4.78, 5) is 30.9. The zero-order valence-electron chi connectivity index (χ0n) is 14.7. The number of carbonyl (C=O) groups is 2. The first-order valence-electron chi connectivity index (χ1n) is 9.02. The average Bonchev–Trinajstić information content (AvgIpc) is 3.15. The lowest BCUT2D eigenvalue weighted by atomic mass is 9.97. The molecule has 1 atom stereocenters. The number of nitrogens with one attached hydrogen (secondary N) is 2. The van der Waals surface area contributed by atoms with E-state index < -0.39 is 0 Å². The number of pyridine rings is 1. The maximum absolute atomic E-state index is 12.5. The van der Waals surface area contributed by atoms with E-state index in [-0.39, 0.29) is 17.9 Å². The third kappa shape index (κ3) is 4.61. The van der Waals surface area contributed by atoms with E-state index in [1.54, 1.807) is 30.3 Å². The van der Waals surface area contributed by atoms with Crippen molar-refractivity contribution in [1.82, 2.24) is 15.2 Å². The SMILES string of the molecule is COc1ccnc(NC(=O)[C@H]2CCCN(C(=O)NC3CCCC3)C2)c1. The Kier molecular flexibility index (Phi) is 5.73. The molecule has 2 N–H and O–H groups in total. The molecule has 1 aromatic rings. The van der Waals surface area contributed by atoms with Crippen LogP contribution in [0.25, 0.3) is 0 Å². The van der Waals surface area contributed by atoms with Crippen LogP contribution in [0.5, 0.6) is 5.75 Å². The summed E-state index contributed by atoms with van der Waals surface area (Å²) < 4.78 is 5.14.